The molecule has 0 bridgehead atoms. The predicted molar refractivity (Wildman–Crippen MR) is 116 cm³/mol. The van der Waals surface area contributed by atoms with E-state index < -0.39 is 0 Å². The van der Waals surface area contributed by atoms with Gasteiger partial charge >= 0.3 is 0 Å². The quantitative estimate of drug-likeness (QED) is 0.456. The predicted octanol–water partition coefficient (Wildman–Crippen LogP) is 5.21. The van der Waals surface area contributed by atoms with Gasteiger partial charge in [-0.2, -0.15) is 5.10 Å². The largest absolute Gasteiger partial charge is 0.497 e. The Morgan fingerprint density at radius 1 is 0.793 bits per heavy atom. The molecular weight excluding hydrogens is 362 g/mol. The molecule has 0 atom stereocenters. The molecule has 2 aromatic carbocycles. The minimum absolute atomic E-state index is 0.823. The van der Waals surface area contributed by atoms with E-state index in [1.807, 2.05) is 40.9 Å². The number of methoxy groups -OCH3 is 2. The Bertz CT molecular complexity index is 1130. The maximum absolute atomic E-state index is 5.34. The number of aryl methyl sites for hydroxylation is 2. The maximum atomic E-state index is 5.34. The second-order valence-corrected chi connectivity index (χ2v) is 6.86. The van der Waals surface area contributed by atoms with Gasteiger partial charge in [0.2, 0.25) is 0 Å². The zero-order valence-electron chi connectivity index (χ0n) is 17.3. The smallest absolute Gasteiger partial charge is 0.164 e. The summed E-state index contributed by atoms with van der Waals surface area (Å²) in [6.45, 7) is 4.28. The topological polar surface area (TPSA) is 48.7 Å². The Balaban J connectivity index is 2.01. The SMILES string of the molecule is CCc1cc(CC)n2nc(-c3ccc(OC)cc3)c(-c3ccc(OC)cc3)c2n1. The molecule has 148 valence electrons. The highest BCUT2D eigenvalue weighted by molar-refractivity contribution is 5.90. The molecular formula is C24H25N3O2. The lowest BCUT2D eigenvalue weighted by molar-refractivity contribution is 0.414. The molecule has 0 amide bonds. The molecule has 2 aromatic heterocycles. The van der Waals surface area contributed by atoms with Crippen molar-refractivity contribution in [2.45, 2.75) is 26.7 Å². The van der Waals surface area contributed by atoms with E-state index in [1.54, 1.807) is 14.2 Å². The second kappa shape index (κ2) is 7.95. The maximum Gasteiger partial charge on any atom is 0.164 e. The number of nitrogens with zero attached hydrogens (tertiary/aromatic N) is 3. The Hall–Kier alpha value is -3.34. The van der Waals surface area contributed by atoms with Crippen LogP contribution in [0.1, 0.15) is 25.2 Å². The number of hydrogen-bond donors (Lipinski definition) is 0. The zero-order chi connectivity index (χ0) is 20.4. The molecule has 4 aromatic rings. The van der Waals surface area contributed by atoms with Gasteiger partial charge in [-0.3, -0.25) is 0 Å². The molecule has 0 aliphatic carbocycles. The van der Waals surface area contributed by atoms with E-state index in [9.17, 15) is 0 Å². The molecule has 29 heavy (non-hydrogen) atoms. The standard InChI is InChI=1S/C24H25N3O2/c1-5-18-15-19(6-2)27-24(25-18)22(16-7-11-20(28-3)12-8-16)23(26-27)17-9-13-21(29-4)14-10-17/h7-15H,5-6H2,1-4H3. The fourth-order valence-electron chi connectivity index (χ4n) is 3.54. The van der Waals surface area contributed by atoms with Gasteiger partial charge in [0.1, 0.15) is 17.2 Å². The third-order valence-corrected chi connectivity index (χ3v) is 5.18. The van der Waals surface area contributed by atoms with Crippen molar-refractivity contribution in [3.63, 3.8) is 0 Å². The molecule has 0 aliphatic rings. The summed E-state index contributed by atoms with van der Waals surface area (Å²) >= 11 is 0. The molecule has 0 spiro atoms. The molecule has 4 rings (SSSR count). The molecule has 0 unspecified atom stereocenters. The monoisotopic (exact) mass is 387 g/mol. The van der Waals surface area contributed by atoms with Crippen molar-refractivity contribution in [1.82, 2.24) is 14.6 Å². The van der Waals surface area contributed by atoms with Crippen LogP contribution in [0.5, 0.6) is 11.5 Å². The Morgan fingerprint density at radius 3 is 1.90 bits per heavy atom. The van der Waals surface area contributed by atoms with Crippen LogP contribution in [0.4, 0.5) is 0 Å². The molecule has 0 radical (unpaired) electrons. The zero-order valence-corrected chi connectivity index (χ0v) is 17.3. The summed E-state index contributed by atoms with van der Waals surface area (Å²) in [6.07, 6.45) is 1.77. The highest BCUT2D eigenvalue weighted by atomic mass is 16.5. The van der Waals surface area contributed by atoms with E-state index in [4.69, 9.17) is 19.6 Å². The molecule has 0 aliphatic heterocycles. The fourth-order valence-corrected chi connectivity index (χ4v) is 3.54. The Labute approximate surface area is 170 Å². The second-order valence-electron chi connectivity index (χ2n) is 6.86. The van der Waals surface area contributed by atoms with Crippen LogP contribution in [0.3, 0.4) is 0 Å². The lowest BCUT2D eigenvalue weighted by atomic mass is 10.0. The van der Waals surface area contributed by atoms with E-state index in [2.05, 4.69) is 32.0 Å². The Kier molecular flexibility index (Phi) is 5.21. The average Bonchev–Trinajstić information content (AvgIpc) is 3.17. The number of fused-ring (bicyclic) bond motifs is 1. The van der Waals surface area contributed by atoms with E-state index in [-0.39, 0.29) is 0 Å². The van der Waals surface area contributed by atoms with Gasteiger partial charge < -0.3 is 9.47 Å². The minimum Gasteiger partial charge on any atom is -0.497 e. The van der Waals surface area contributed by atoms with Gasteiger partial charge in [0.15, 0.2) is 5.65 Å². The van der Waals surface area contributed by atoms with Crippen LogP contribution in [0.15, 0.2) is 54.6 Å². The van der Waals surface area contributed by atoms with Crippen molar-refractivity contribution in [2.24, 2.45) is 0 Å². The third-order valence-electron chi connectivity index (χ3n) is 5.18. The van der Waals surface area contributed by atoms with Crippen LogP contribution in [0.25, 0.3) is 28.0 Å². The molecule has 5 nitrogen and oxygen atoms in total. The van der Waals surface area contributed by atoms with Gasteiger partial charge in [0.05, 0.1) is 19.8 Å². The van der Waals surface area contributed by atoms with Crippen molar-refractivity contribution in [3.05, 3.63) is 66.0 Å². The van der Waals surface area contributed by atoms with Crippen molar-refractivity contribution < 1.29 is 9.47 Å². The number of aromatic nitrogens is 3. The van der Waals surface area contributed by atoms with E-state index in [1.165, 1.54) is 0 Å². The summed E-state index contributed by atoms with van der Waals surface area (Å²) in [7, 11) is 3.35. The number of benzene rings is 2. The lowest BCUT2D eigenvalue weighted by Gasteiger charge is -2.07. The van der Waals surface area contributed by atoms with E-state index in [0.717, 1.165) is 63.8 Å². The lowest BCUT2D eigenvalue weighted by Crippen LogP contribution is -2.02. The van der Waals surface area contributed by atoms with Crippen LogP contribution < -0.4 is 9.47 Å². The first-order valence-electron chi connectivity index (χ1n) is 9.88. The molecule has 5 heteroatoms. The van der Waals surface area contributed by atoms with Gasteiger partial charge in [-0.15, -0.1) is 0 Å². The van der Waals surface area contributed by atoms with Crippen molar-refractivity contribution in [1.29, 1.82) is 0 Å². The van der Waals surface area contributed by atoms with Crippen molar-refractivity contribution in [2.75, 3.05) is 14.2 Å². The molecule has 0 N–H and O–H groups in total. The van der Waals surface area contributed by atoms with Crippen LogP contribution in [-0.2, 0) is 12.8 Å². The van der Waals surface area contributed by atoms with Crippen LogP contribution in [-0.4, -0.2) is 28.8 Å². The van der Waals surface area contributed by atoms with Crippen LogP contribution in [0.2, 0.25) is 0 Å². The number of ether oxygens (including phenoxy) is 2. The molecule has 0 saturated carbocycles. The molecule has 0 saturated heterocycles. The van der Waals surface area contributed by atoms with Crippen LogP contribution >= 0.6 is 0 Å². The number of rotatable bonds is 6. The minimum atomic E-state index is 0.823. The van der Waals surface area contributed by atoms with Gasteiger partial charge in [0.25, 0.3) is 0 Å². The summed E-state index contributed by atoms with van der Waals surface area (Å²) in [5, 5.41) is 4.99. The highest BCUT2D eigenvalue weighted by Crippen LogP contribution is 2.36. The Morgan fingerprint density at radius 2 is 1.38 bits per heavy atom. The molecule has 2 heterocycles. The first kappa shape index (κ1) is 19.0. The highest BCUT2D eigenvalue weighted by Gasteiger charge is 2.20. The number of hydrogen-bond acceptors (Lipinski definition) is 4. The van der Waals surface area contributed by atoms with Crippen molar-refractivity contribution in [3.8, 4) is 33.9 Å². The van der Waals surface area contributed by atoms with Gasteiger partial charge in [-0.25, -0.2) is 9.50 Å². The first-order chi connectivity index (χ1) is 14.2. The summed E-state index contributed by atoms with van der Waals surface area (Å²) < 4.78 is 12.6. The summed E-state index contributed by atoms with van der Waals surface area (Å²) in [5.41, 5.74) is 7.15. The third kappa shape index (κ3) is 3.44. The van der Waals surface area contributed by atoms with Gasteiger partial charge in [0, 0.05) is 17.0 Å². The fraction of sp³-hybridized carbons (Fsp3) is 0.250. The van der Waals surface area contributed by atoms with Gasteiger partial charge in [-0.1, -0.05) is 26.0 Å². The van der Waals surface area contributed by atoms with Gasteiger partial charge in [-0.05, 0) is 60.9 Å². The molecule has 0 fully saturated rings. The van der Waals surface area contributed by atoms with Crippen LogP contribution in [0, 0.1) is 0 Å². The summed E-state index contributed by atoms with van der Waals surface area (Å²) in [5.74, 6) is 1.65. The van der Waals surface area contributed by atoms with E-state index >= 15 is 0 Å². The first-order valence-corrected chi connectivity index (χ1v) is 9.88. The summed E-state index contributed by atoms with van der Waals surface area (Å²) in [6, 6.07) is 18.2. The normalized spacial score (nSPS) is 11.0. The van der Waals surface area contributed by atoms with Crippen molar-refractivity contribution >= 4 is 5.65 Å². The van der Waals surface area contributed by atoms with E-state index in [0.29, 0.717) is 0 Å². The average molecular weight is 387 g/mol. The summed E-state index contributed by atoms with van der Waals surface area (Å²) in [4.78, 5) is 4.95.